The van der Waals surface area contributed by atoms with Gasteiger partial charge in [-0.2, -0.15) is 0 Å². The summed E-state index contributed by atoms with van der Waals surface area (Å²) in [6.45, 7) is 3.24. The molecule has 2 amide bonds. The first kappa shape index (κ1) is 11.8. The Morgan fingerprint density at radius 1 is 1.53 bits per heavy atom. The lowest BCUT2D eigenvalue weighted by molar-refractivity contribution is -0.132. The number of likely N-dealkylation sites (tertiary alicyclic amines) is 1. The largest absolute Gasteiger partial charge is 0.453 e. The highest BCUT2D eigenvalue weighted by Crippen LogP contribution is 2.11. The minimum Gasteiger partial charge on any atom is -0.453 e. The molecule has 1 saturated heterocycles. The Hall–Kier alpha value is -1.26. The van der Waals surface area contributed by atoms with E-state index < -0.39 is 6.09 Å². The summed E-state index contributed by atoms with van der Waals surface area (Å²) < 4.78 is 4.52. The summed E-state index contributed by atoms with van der Waals surface area (Å²) in [6, 6.07) is 0.0294. The fourth-order valence-electron chi connectivity index (χ4n) is 1.77. The number of nitrogens with zero attached hydrogens (tertiary/aromatic N) is 1. The third-order valence-corrected chi connectivity index (χ3v) is 2.58. The number of alkyl carbamates (subject to hydrolysis) is 1. The van der Waals surface area contributed by atoms with Gasteiger partial charge in [0, 0.05) is 25.6 Å². The van der Waals surface area contributed by atoms with Crippen molar-refractivity contribution in [1.29, 1.82) is 0 Å². The van der Waals surface area contributed by atoms with Crippen molar-refractivity contribution in [2.75, 3.05) is 20.2 Å². The van der Waals surface area contributed by atoms with E-state index in [2.05, 4.69) is 10.1 Å². The summed E-state index contributed by atoms with van der Waals surface area (Å²) >= 11 is 0. The average molecular weight is 214 g/mol. The first-order valence-electron chi connectivity index (χ1n) is 5.29. The van der Waals surface area contributed by atoms with E-state index >= 15 is 0 Å². The molecule has 1 aliphatic heterocycles. The van der Waals surface area contributed by atoms with Crippen molar-refractivity contribution in [3.8, 4) is 0 Å². The monoisotopic (exact) mass is 214 g/mol. The van der Waals surface area contributed by atoms with Crippen molar-refractivity contribution < 1.29 is 14.3 Å². The van der Waals surface area contributed by atoms with Gasteiger partial charge in [-0.15, -0.1) is 0 Å². The summed E-state index contributed by atoms with van der Waals surface area (Å²) in [6.07, 6.45) is 1.93. The van der Waals surface area contributed by atoms with Crippen LogP contribution in [0, 0.1) is 0 Å². The van der Waals surface area contributed by atoms with Gasteiger partial charge in [0.1, 0.15) is 0 Å². The summed E-state index contributed by atoms with van der Waals surface area (Å²) in [5.74, 6) is 0.145. The van der Waals surface area contributed by atoms with Gasteiger partial charge in [0.2, 0.25) is 5.91 Å². The van der Waals surface area contributed by atoms with E-state index in [1.807, 2.05) is 6.92 Å². The van der Waals surface area contributed by atoms with Crippen LogP contribution in [0.15, 0.2) is 0 Å². The number of nitrogens with one attached hydrogen (secondary N) is 1. The molecule has 1 heterocycles. The van der Waals surface area contributed by atoms with Crippen LogP contribution in [0.25, 0.3) is 0 Å². The highest BCUT2D eigenvalue weighted by atomic mass is 16.5. The number of carbonyl (C=O) groups excluding carboxylic acids is 2. The average Bonchev–Trinajstić information content (AvgIpc) is 2.28. The third-order valence-electron chi connectivity index (χ3n) is 2.58. The maximum atomic E-state index is 11.4. The molecule has 5 nitrogen and oxygen atoms in total. The Balaban J connectivity index is 2.42. The Morgan fingerprint density at radius 2 is 2.27 bits per heavy atom. The summed E-state index contributed by atoms with van der Waals surface area (Å²) in [4.78, 5) is 24.2. The number of hydrogen-bond acceptors (Lipinski definition) is 3. The molecule has 1 rings (SSSR count). The van der Waals surface area contributed by atoms with Crippen molar-refractivity contribution in [2.24, 2.45) is 0 Å². The van der Waals surface area contributed by atoms with Crippen molar-refractivity contribution in [2.45, 2.75) is 32.2 Å². The molecule has 0 aliphatic carbocycles. The van der Waals surface area contributed by atoms with Gasteiger partial charge in [-0.05, 0) is 12.8 Å². The molecular weight excluding hydrogens is 196 g/mol. The van der Waals surface area contributed by atoms with Crippen molar-refractivity contribution in [3.63, 3.8) is 0 Å². The lowest BCUT2D eigenvalue weighted by Gasteiger charge is -2.32. The lowest BCUT2D eigenvalue weighted by atomic mass is 10.1. The number of hydrogen-bond donors (Lipinski definition) is 1. The molecule has 0 radical (unpaired) electrons. The van der Waals surface area contributed by atoms with E-state index in [-0.39, 0.29) is 11.9 Å². The topological polar surface area (TPSA) is 58.6 Å². The Kier molecular flexibility index (Phi) is 4.39. The minimum atomic E-state index is -0.425. The van der Waals surface area contributed by atoms with E-state index in [4.69, 9.17) is 0 Å². The summed E-state index contributed by atoms with van der Waals surface area (Å²) in [7, 11) is 1.34. The highest BCUT2D eigenvalue weighted by molar-refractivity contribution is 5.76. The van der Waals surface area contributed by atoms with E-state index in [0.717, 1.165) is 19.4 Å². The number of piperidine rings is 1. The predicted octanol–water partition coefficient (Wildman–Crippen LogP) is 0.743. The van der Waals surface area contributed by atoms with Crippen LogP contribution in [0.1, 0.15) is 26.2 Å². The number of rotatable bonds is 2. The van der Waals surface area contributed by atoms with Gasteiger partial charge >= 0.3 is 6.09 Å². The number of methoxy groups -OCH3 is 1. The number of carbonyl (C=O) groups is 2. The van der Waals surface area contributed by atoms with E-state index in [1.165, 1.54) is 7.11 Å². The van der Waals surface area contributed by atoms with Crippen LogP contribution in [0.2, 0.25) is 0 Å². The number of amides is 2. The lowest BCUT2D eigenvalue weighted by Crippen LogP contribution is -2.49. The third kappa shape index (κ3) is 3.42. The maximum absolute atomic E-state index is 11.4. The zero-order valence-electron chi connectivity index (χ0n) is 9.28. The Bertz CT molecular complexity index is 243. The highest BCUT2D eigenvalue weighted by Gasteiger charge is 2.23. The molecule has 86 valence electrons. The molecule has 0 aromatic rings. The first-order chi connectivity index (χ1) is 7.17. The molecule has 1 N–H and O–H groups in total. The Morgan fingerprint density at radius 3 is 2.87 bits per heavy atom. The molecule has 0 bridgehead atoms. The van der Waals surface area contributed by atoms with Crippen LogP contribution in [-0.2, 0) is 9.53 Å². The second-order valence-electron chi connectivity index (χ2n) is 3.67. The zero-order valence-corrected chi connectivity index (χ0v) is 9.28. The Labute approximate surface area is 89.8 Å². The van der Waals surface area contributed by atoms with E-state index in [0.29, 0.717) is 13.0 Å². The molecule has 15 heavy (non-hydrogen) atoms. The molecule has 1 atom stereocenters. The van der Waals surface area contributed by atoms with Crippen LogP contribution < -0.4 is 5.32 Å². The molecule has 0 spiro atoms. The molecule has 1 unspecified atom stereocenters. The fraction of sp³-hybridized carbons (Fsp3) is 0.800. The van der Waals surface area contributed by atoms with E-state index in [9.17, 15) is 9.59 Å². The smallest absolute Gasteiger partial charge is 0.407 e. The van der Waals surface area contributed by atoms with Crippen LogP contribution in [-0.4, -0.2) is 43.1 Å². The van der Waals surface area contributed by atoms with Gasteiger partial charge in [-0.3, -0.25) is 4.79 Å². The summed E-state index contributed by atoms with van der Waals surface area (Å²) in [5, 5.41) is 2.72. The van der Waals surface area contributed by atoms with Crippen LogP contribution in [0.5, 0.6) is 0 Å². The maximum Gasteiger partial charge on any atom is 0.407 e. The molecule has 0 aromatic heterocycles. The molecule has 0 aromatic carbocycles. The quantitative estimate of drug-likeness (QED) is 0.737. The van der Waals surface area contributed by atoms with Gasteiger partial charge in [0.15, 0.2) is 0 Å². The molecule has 1 aliphatic rings. The zero-order chi connectivity index (χ0) is 11.3. The molecule has 0 saturated carbocycles. The fourth-order valence-corrected chi connectivity index (χ4v) is 1.77. The summed E-state index contributed by atoms with van der Waals surface area (Å²) in [5.41, 5.74) is 0. The van der Waals surface area contributed by atoms with Crippen molar-refractivity contribution >= 4 is 12.0 Å². The molecule has 5 heteroatoms. The molecular formula is C10H18N2O3. The van der Waals surface area contributed by atoms with E-state index in [1.54, 1.807) is 4.90 Å². The van der Waals surface area contributed by atoms with Crippen LogP contribution in [0.3, 0.4) is 0 Å². The standard InChI is InChI=1S/C10H18N2O3/c1-3-9(13)12-6-4-5-8(7-12)11-10(14)15-2/h8H,3-7H2,1-2H3,(H,11,14). The SMILES string of the molecule is CCC(=O)N1CCCC(NC(=O)OC)C1. The predicted molar refractivity (Wildman–Crippen MR) is 55.4 cm³/mol. The normalized spacial score (nSPS) is 20.9. The van der Waals surface area contributed by atoms with Gasteiger partial charge < -0.3 is 15.0 Å². The van der Waals surface area contributed by atoms with Crippen molar-refractivity contribution in [1.82, 2.24) is 10.2 Å². The van der Waals surface area contributed by atoms with Crippen LogP contribution in [0.4, 0.5) is 4.79 Å². The second-order valence-corrected chi connectivity index (χ2v) is 3.67. The van der Waals surface area contributed by atoms with Gasteiger partial charge in [0.25, 0.3) is 0 Å². The van der Waals surface area contributed by atoms with Gasteiger partial charge in [-0.1, -0.05) is 6.92 Å². The van der Waals surface area contributed by atoms with Gasteiger partial charge in [0.05, 0.1) is 7.11 Å². The van der Waals surface area contributed by atoms with Crippen molar-refractivity contribution in [3.05, 3.63) is 0 Å². The number of ether oxygens (including phenoxy) is 1. The first-order valence-corrected chi connectivity index (χ1v) is 5.29. The second kappa shape index (κ2) is 5.58. The van der Waals surface area contributed by atoms with Crippen LogP contribution >= 0.6 is 0 Å². The molecule has 1 fully saturated rings. The van der Waals surface area contributed by atoms with Gasteiger partial charge in [-0.25, -0.2) is 4.79 Å². The minimum absolute atomic E-state index is 0.0294.